The molecule has 0 radical (unpaired) electrons. The predicted molar refractivity (Wildman–Crippen MR) is 116 cm³/mol. The lowest BCUT2D eigenvalue weighted by atomic mass is 10.1. The Labute approximate surface area is 180 Å². The van der Waals surface area contributed by atoms with Gasteiger partial charge in [-0.15, -0.1) is 0 Å². The van der Waals surface area contributed by atoms with Gasteiger partial charge < -0.3 is 24.7 Å². The number of rotatable bonds is 9. The molecule has 2 aromatic carbocycles. The molecule has 1 aliphatic carbocycles. The van der Waals surface area contributed by atoms with Gasteiger partial charge in [-0.05, 0) is 61.2 Å². The highest BCUT2D eigenvalue weighted by atomic mass is 16.5. The van der Waals surface area contributed by atoms with Crippen molar-refractivity contribution in [1.29, 1.82) is 0 Å². The van der Waals surface area contributed by atoms with Crippen molar-refractivity contribution in [1.82, 2.24) is 0 Å². The van der Waals surface area contributed by atoms with E-state index in [1.165, 1.54) is 25.2 Å². The van der Waals surface area contributed by atoms with Crippen molar-refractivity contribution in [3.63, 3.8) is 0 Å². The summed E-state index contributed by atoms with van der Waals surface area (Å²) in [6, 6.07) is 15.9. The van der Waals surface area contributed by atoms with Gasteiger partial charge in [-0.25, -0.2) is 4.79 Å². The third-order valence-corrected chi connectivity index (χ3v) is 5.23. The smallest absolute Gasteiger partial charge is 0.335 e. The molecule has 0 amide bonds. The lowest BCUT2D eigenvalue weighted by Crippen LogP contribution is -2.26. The van der Waals surface area contributed by atoms with E-state index in [0.29, 0.717) is 30.6 Å². The molecule has 4 rings (SSSR count). The van der Waals surface area contributed by atoms with Crippen LogP contribution in [0.1, 0.15) is 28.8 Å². The summed E-state index contributed by atoms with van der Waals surface area (Å²) >= 11 is 0. The highest BCUT2D eigenvalue weighted by molar-refractivity contribution is 5.88. The molecule has 1 heterocycles. The van der Waals surface area contributed by atoms with Crippen molar-refractivity contribution in [3.8, 4) is 11.5 Å². The number of anilines is 2. The van der Waals surface area contributed by atoms with Crippen molar-refractivity contribution in [2.45, 2.75) is 19.4 Å². The Morgan fingerprint density at radius 2 is 1.87 bits per heavy atom. The van der Waals surface area contributed by atoms with Crippen LogP contribution in [0.25, 0.3) is 0 Å². The summed E-state index contributed by atoms with van der Waals surface area (Å²) in [5.74, 6) is 0.937. The quantitative estimate of drug-likeness (QED) is 0.413. The van der Waals surface area contributed by atoms with E-state index in [9.17, 15) is 15.1 Å². The van der Waals surface area contributed by atoms with E-state index in [2.05, 4.69) is 0 Å². The number of hydrogen-bond acceptors (Lipinski definition) is 5. The topological polar surface area (TPSA) is 85.9 Å². The Morgan fingerprint density at radius 3 is 2.52 bits per heavy atom. The van der Waals surface area contributed by atoms with E-state index in [0.717, 1.165) is 21.7 Å². The fourth-order valence-corrected chi connectivity index (χ4v) is 3.33. The second-order valence-electron chi connectivity index (χ2n) is 7.60. The Kier molecular flexibility index (Phi) is 5.93. The van der Waals surface area contributed by atoms with E-state index in [1.807, 2.05) is 29.2 Å². The number of methoxy groups -OCH3 is 1. The second-order valence-corrected chi connectivity index (χ2v) is 7.60. The minimum absolute atomic E-state index is 0.212. The van der Waals surface area contributed by atoms with Crippen LogP contribution in [0.4, 0.5) is 11.4 Å². The molecule has 1 aromatic heterocycles. The fourth-order valence-electron chi connectivity index (χ4n) is 3.33. The molecule has 1 saturated carbocycles. The Morgan fingerprint density at radius 1 is 1.13 bits per heavy atom. The zero-order valence-corrected chi connectivity index (χ0v) is 17.2. The number of benzene rings is 2. The third-order valence-electron chi connectivity index (χ3n) is 5.23. The van der Waals surface area contributed by atoms with Crippen LogP contribution in [0.2, 0.25) is 0 Å². The maximum atomic E-state index is 11.8. The molecule has 3 aromatic rings. The van der Waals surface area contributed by atoms with Crippen LogP contribution in [-0.4, -0.2) is 24.8 Å². The van der Waals surface area contributed by atoms with Gasteiger partial charge in [0.2, 0.25) is 0 Å². The first-order valence-electron chi connectivity index (χ1n) is 10.1. The maximum Gasteiger partial charge on any atom is 0.335 e. The average molecular weight is 420 g/mol. The largest absolute Gasteiger partial charge is 0.619 e. The SMILES string of the molecule is COc1ccc(N(Cc2ccc[n+]([O-])c2)c2ccc(C(=O)O)cc2)cc1OCC1CC1. The number of aromatic nitrogens is 1. The Hall–Kier alpha value is -3.74. The molecule has 0 spiro atoms. The summed E-state index contributed by atoms with van der Waals surface area (Å²) < 4.78 is 12.2. The molecule has 1 fully saturated rings. The van der Waals surface area contributed by atoms with Crippen LogP contribution < -0.4 is 19.1 Å². The highest BCUT2D eigenvalue weighted by Crippen LogP contribution is 2.37. The number of carboxylic acid groups (broad SMARTS) is 1. The van der Waals surface area contributed by atoms with Crippen LogP contribution in [-0.2, 0) is 6.54 Å². The Balaban J connectivity index is 1.70. The van der Waals surface area contributed by atoms with Crippen molar-refractivity contribution in [3.05, 3.63) is 83.3 Å². The van der Waals surface area contributed by atoms with Gasteiger partial charge in [0.05, 0.1) is 25.8 Å². The normalized spacial score (nSPS) is 12.9. The van der Waals surface area contributed by atoms with Gasteiger partial charge in [-0.2, -0.15) is 4.73 Å². The molecule has 1 N–H and O–H groups in total. The number of pyridine rings is 1. The molecule has 160 valence electrons. The van der Waals surface area contributed by atoms with E-state index in [-0.39, 0.29) is 5.56 Å². The van der Waals surface area contributed by atoms with Gasteiger partial charge in [0.25, 0.3) is 0 Å². The molecular formula is C24H24N2O5. The molecule has 7 nitrogen and oxygen atoms in total. The van der Waals surface area contributed by atoms with Crippen LogP contribution in [0.5, 0.6) is 11.5 Å². The minimum atomic E-state index is -0.978. The first kappa shape index (κ1) is 20.5. The molecule has 1 aliphatic rings. The van der Waals surface area contributed by atoms with Crippen LogP contribution in [0, 0.1) is 11.1 Å². The van der Waals surface area contributed by atoms with Gasteiger partial charge in [0, 0.05) is 29.1 Å². The van der Waals surface area contributed by atoms with Gasteiger partial charge in [-0.3, -0.25) is 0 Å². The van der Waals surface area contributed by atoms with Gasteiger partial charge in [0.15, 0.2) is 23.9 Å². The maximum absolute atomic E-state index is 11.8. The van der Waals surface area contributed by atoms with Crippen LogP contribution >= 0.6 is 0 Å². The predicted octanol–water partition coefficient (Wildman–Crippen LogP) is 4.15. The molecule has 0 aliphatic heterocycles. The summed E-state index contributed by atoms with van der Waals surface area (Å²) in [7, 11) is 1.61. The molecule has 0 atom stereocenters. The zero-order chi connectivity index (χ0) is 21.8. The monoisotopic (exact) mass is 420 g/mol. The number of carbonyl (C=O) groups is 1. The average Bonchev–Trinajstić information content (AvgIpc) is 3.60. The minimum Gasteiger partial charge on any atom is -0.619 e. The first-order valence-corrected chi connectivity index (χ1v) is 10.1. The van der Waals surface area contributed by atoms with Gasteiger partial charge >= 0.3 is 5.97 Å². The summed E-state index contributed by atoms with van der Waals surface area (Å²) in [4.78, 5) is 13.3. The van der Waals surface area contributed by atoms with E-state index < -0.39 is 5.97 Å². The Bertz CT molecular complexity index is 1060. The number of hydrogen-bond donors (Lipinski definition) is 1. The summed E-state index contributed by atoms with van der Waals surface area (Å²) in [6.07, 6.45) is 5.33. The molecule has 7 heteroatoms. The summed E-state index contributed by atoms with van der Waals surface area (Å²) in [6.45, 7) is 1.08. The summed E-state index contributed by atoms with van der Waals surface area (Å²) in [5.41, 5.74) is 2.67. The van der Waals surface area contributed by atoms with Crippen molar-refractivity contribution >= 4 is 17.3 Å². The second kappa shape index (κ2) is 8.95. The lowest BCUT2D eigenvalue weighted by molar-refractivity contribution is -0.605. The number of nitrogens with zero attached hydrogens (tertiary/aromatic N) is 2. The lowest BCUT2D eigenvalue weighted by Gasteiger charge is -2.26. The zero-order valence-electron chi connectivity index (χ0n) is 17.2. The van der Waals surface area contributed by atoms with Crippen LogP contribution in [0.3, 0.4) is 0 Å². The number of carboxylic acids is 1. The fraction of sp³-hybridized carbons (Fsp3) is 0.250. The van der Waals surface area contributed by atoms with Crippen LogP contribution in [0.15, 0.2) is 67.0 Å². The van der Waals surface area contributed by atoms with Crippen molar-refractivity contribution in [2.75, 3.05) is 18.6 Å². The highest BCUT2D eigenvalue weighted by Gasteiger charge is 2.23. The standard InChI is InChI=1S/C24H24N2O5/c1-30-22-11-10-21(13-23(22)31-16-17-4-5-17)26(15-18-3-2-12-25(29)14-18)20-8-6-19(7-9-20)24(27)28/h2-3,6-14,17H,4-5,15-16H2,1H3,(H,27,28). The van der Waals surface area contributed by atoms with Gasteiger partial charge in [0.1, 0.15) is 0 Å². The number of aromatic carboxylic acids is 1. The van der Waals surface area contributed by atoms with E-state index in [1.54, 1.807) is 37.4 Å². The molecule has 31 heavy (non-hydrogen) atoms. The first-order chi connectivity index (χ1) is 15.0. The van der Waals surface area contributed by atoms with Crippen molar-refractivity contribution < 1.29 is 24.1 Å². The number of ether oxygens (including phenoxy) is 2. The molecule has 0 unspecified atom stereocenters. The third kappa shape index (κ3) is 5.06. The summed E-state index contributed by atoms with van der Waals surface area (Å²) in [5, 5.41) is 21.0. The van der Waals surface area contributed by atoms with Crippen molar-refractivity contribution in [2.24, 2.45) is 5.92 Å². The van der Waals surface area contributed by atoms with E-state index in [4.69, 9.17) is 9.47 Å². The molecule has 0 saturated heterocycles. The molecular weight excluding hydrogens is 396 g/mol. The molecule has 0 bridgehead atoms. The van der Waals surface area contributed by atoms with Gasteiger partial charge in [-0.1, -0.05) is 0 Å². The van der Waals surface area contributed by atoms with E-state index >= 15 is 0 Å².